The van der Waals surface area contributed by atoms with Crippen LogP contribution in [0.3, 0.4) is 0 Å². The Bertz CT molecular complexity index is 1500. The van der Waals surface area contributed by atoms with Crippen molar-refractivity contribution in [3.8, 4) is 0 Å². The van der Waals surface area contributed by atoms with Gasteiger partial charge in [0.25, 0.3) is 5.56 Å². The van der Waals surface area contributed by atoms with Crippen LogP contribution < -0.4 is 21.5 Å². The molecular formula is C32H37N5O3. The van der Waals surface area contributed by atoms with Crippen molar-refractivity contribution in [2.24, 2.45) is 23.7 Å². The van der Waals surface area contributed by atoms with E-state index in [1.54, 1.807) is 6.92 Å². The van der Waals surface area contributed by atoms with Crippen molar-refractivity contribution >= 4 is 28.4 Å². The first-order valence-corrected chi connectivity index (χ1v) is 14.8. The Labute approximate surface area is 233 Å². The molecule has 8 nitrogen and oxygen atoms in total. The van der Waals surface area contributed by atoms with Gasteiger partial charge >= 0.3 is 0 Å². The number of nitrogens with zero attached hydrogens (tertiary/aromatic N) is 2. The summed E-state index contributed by atoms with van der Waals surface area (Å²) in [5.74, 6) is 3.44. The molecule has 2 amide bonds. The van der Waals surface area contributed by atoms with E-state index in [-0.39, 0.29) is 17.9 Å². The molecule has 8 rings (SSSR count). The summed E-state index contributed by atoms with van der Waals surface area (Å²) in [7, 11) is 0. The van der Waals surface area contributed by atoms with Gasteiger partial charge in [0.2, 0.25) is 11.8 Å². The van der Waals surface area contributed by atoms with Gasteiger partial charge in [0.05, 0.1) is 10.9 Å². The van der Waals surface area contributed by atoms with Crippen LogP contribution in [0.2, 0.25) is 0 Å². The molecule has 2 aromatic carbocycles. The number of amides is 2. The van der Waals surface area contributed by atoms with Gasteiger partial charge in [0, 0.05) is 31.2 Å². The third kappa shape index (κ3) is 4.62. The van der Waals surface area contributed by atoms with E-state index in [2.05, 4.69) is 45.2 Å². The minimum Gasteiger partial charge on any atom is -0.380 e. The van der Waals surface area contributed by atoms with Gasteiger partial charge in [-0.15, -0.1) is 0 Å². The van der Waals surface area contributed by atoms with Gasteiger partial charge in [0.15, 0.2) is 0 Å². The molecule has 1 unspecified atom stereocenters. The van der Waals surface area contributed by atoms with Crippen molar-refractivity contribution in [3.63, 3.8) is 0 Å². The molecule has 8 heteroatoms. The molecule has 2 heterocycles. The predicted molar refractivity (Wildman–Crippen MR) is 154 cm³/mol. The minimum absolute atomic E-state index is 0.203. The number of imide groups is 1. The lowest BCUT2D eigenvalue weighted by atomic mass is 9.54. The second-order valence-corrected chi connectivity index (χ2v) is 12.5. The summed E-state index contributed by atoms with van der Waals surface area (Å²) in [6.07, 6.45) is 7.69. The van der Waals surface area contributed by atoms with Gasteiger partial charge in [-0.3, -0.25) is 24.3 Å². The largest absolute Gasteiger partial charge is 0.380 e. The molecule has 1 atom stereocenters. The number of aromatic nitrogens is 2. The lowest BCUT2D eigenvalue weighted by molar-refractivity contribution is -0.135. The molecule has 5 aliphatic rings. The lowest BCUT2D eigenvalue weighted by Crippen LogP contribution is -2.54. The molecule has 3 aromatic rings. The molecular weight excluding hydrogens is 502 g/mol. The fourth-order valence-corrected chi connectivity index (χ4v) is 8.26. The van der Waals surface area contributed by atoms with Crippen LogP contribution in [0.5, 0.6) is 0 Å². The zero-order chi connectivity index (χ0) is 27.4. The average molecular weight is 540 g/mol. The molecule has 3 N–H and O–H groups in total. The van der Waals surface area contributed by atoms with Crippen LogP contribution in [0.25, 0.3) is 10.9 Å². The van der Waals surface area contributed by atoms with Crippen LogP contribution in [0.15, 0.2) is 47.3 Å². The summed E-state index contributed by atoms with van der Waals surface area (Å²) in [6, 6.07) is 14.2. The summed E-state index contributed by atoms with van der Waals surface area (Å²) in [5, 5.41) is 10.2. The lowest BCUT2D eigenvalue weighted by Gasteiger charge is -2.54. The van der Waals surface area contributed by atoms with Crippen LogP contribution >= 0.6 is 0 Å². The Morgan fingerprint density at radius 3 is 2.25 bits per heavy atom. The average Bonchev–Trinajstić information content (AvgIpc) is 2.92. The van der Waals surface area contributed by atoms with Gasteiger partial charge in [-0.2, -0.15) is 0 Å². The molecule has 1 aliphatic heterocycles. The van der Waals surface area contributed by atoms with Crippen LogP contribution in [0, 0.1) is 30.6 Å². The zero-order valence-electron chi connectivity index (χ0n) is 23.0. The summed E-state index contributed by atoms with van der Waals surface area (Å²) in [6.45, 7) is 3.20. The second-order valence-electron chi connectivity index (χ2n) is 12.5. The van der Waals surface area contributed by atoms with Gasteiger partial charge in [0.1, 0.15) is 11.9 Å². The molecule has 1 saturated heterocycles. The number of rotatable bonds is 7. The number of benzene rings is 2. The Morgan fingerprint density at radius 2 is 1.57 bits per heavy atom. The number of hydrogen-bond acceptors (Lipinski definition) is 6. The van der Waals surface area contributed by atoms with E-state index >= 15 is 0 Å². The molecule has 4 saturated carbocycles. The third-order valence-corrected chi connectivity index (χ3v) is 9.90. The number of anilines is 1. The van der Waals surface area contributed by atoms with E-state index in [0.29, 0.717) is 41.4 Å². The molecule has 4 bridgehead atoms. The smallest absolute Gasteiger partial charge is 0.264 e. The van der Waals surface area contributed by atoms with E-state index in [9.17, 15) is 14.4 Å². The zero-order valence-corrected chi connectivity index (χ0v) is 23.0. The van der Waals surface area contributed by atoms with Crippen LogP contribution in [-0.2, 0) is 22.7 Å². The van der Waals surface area contributed by atoms with Crippen molar-refractivity contribution in [3.05, 3.63) is 69.8 Å². The molecule has 5 fully saturated rings. The van der Waals surface area contributed by atoms with E-state index in [4.69, 9.17) is 0 Å². The van der Waals surface area contributed by atoms with Crippen molar-refractivity contribution < 1.29 is 9.59 Å². The molecule has 4 aliphatic carbocycles. The fraction of sp³-hybridized carbons (Fsp3) is 0.500. The number of carbonyl (C=O) groups is 2. The molecule has 1 aromatic heterocycles. The highest BCUT2D eigenvalue weighted by Crippen LogP contribution is 2.53. The highest BCUT2D eigenvalue weighted by molar-refractivity contribution is 5.99. The standard InChI is InChI=1S/C32H37N5O3/c1-18-35-26-4-2-3-25(29(26)32(40)37(18)27-9-10-28(38)36-31(27)39)33-16-19-5-7-20(8-6-19)17-34-30-23-12-21-11-22(14-23)15-24(30)13-21/h2-8,21-24,27,30,33-34H,9-17H2,1H3,(H,36,38,39). The monoisotopic (exact) mass is 539 g/mol. The SMILES string of the molecule is Cc1nc2cccc(NCc3ccc(CNC4C5CC6CC(C5)CC4C6)cc3)c2c(=O)n1C1CCC(=O)NC1=O. The summed E-state index contributed by atoms with van der Waals surface area (Å²) in [5.41, 5.74) is 3.42. The first-order valence-electron chi connectivity index (χ1n) is 14.8. The minimum atomic E-state index is -0.741. The predicted octanol–water partition coefficient (Wildman–Crippen LogP) is 4.21. The second kappa shape index (κ2) is 10.1. The molecule has 208 valence electrons. The van der Waals surface area contributed by atoms with Crippen molar-refractivity contribution in [2.75, 3.05) is 5.32 Å². The quantitative estimate of drug-likeness (QED) is 0.389. The number of nitrogens with one attached hydrogen (secondary N) is 3. The number of carbonyl (C=O) groups excluding carboxylic acids is 2. The van der Waals surface area contributed by atoms with E-state index in [1.165, 1.54) is 42.2 Å². The van der Waals surface area contributed by atoms with Crippen molar-refractivity contribution in [1.82, 2.24) is 20.2 Å². The normalized spacial score (nSPS) is 29.1. The highest BCUT2D eigenvalue weighted by atomic mass is 16.2. The summed E-state index contributed by atoms with van der Waals surface area (Å²) in [4.78, 5) is 42.5. The molecule has 0 radical (unpaired) electrons. The summed E-state index contributed by atoms with van der Waals surface area (Å²) < 4.78 is 1.43. The Balaban J connectivity index is 1.04. The molecule has 40 heavy (non-hydrogen) atoms. The number of aryl methyl sites for hydroxylation is 1. The van der Waals surface area contributed by atoms with Gasteiger partial charge in [-0.25, -0.2) is 4.98 Å². The fourth-order valence-electron chi connectivity index (χ4n) is 8.26. The van der Waals surface area contributed by atoms with E-state index in [0.717, 1.165) is 35.8 Å². The highest BCUT2D eigenvalue weighted by Gasteiger charge is 2.47. The van der Waals surface area contributed by atoms with E-state index < -0.39 is 11.9 Å². The Kier molecular flexibility index (Phi) is 6.45. The summed E-state index contributed by atoms with van der Waals surface area (Å²) >= 11 is 0. The van der Waals surface area contributed by atoms with Crippen LogP contribution in [0.4, 0.5) is 5.69 Å². The number of hydrogen-bond donors (Lipinski definition) is 3. The van der Waals surface area contributed by atoms with Gasteiger partial charge in [-0.1, -0.05) is 30.3 Å². The Morgan fingerprint density at radius 1 is 0.900 bits per heavy atom. The van der Waals surface area contributed by atoms with Gasteiger partial charge in [-0.05, 0) is 92.4 Å². The Hall–Kier alpha value is -3.52. The van der Waals surface area contributed by atoms with Crippen molar-refractivity contribution in [1.29, 1.82) is 0 Å². The van der Waals surface area contributed by atoms with Crippen molar-refractivity contribution in [2.45, 2.75) is 77.0 Å². The van der Waals surface area contributed by atoms with Crippen LogP contribution in [-0.4, -0.2) is 27.4 Å². The number of piperidine rings is 1. The first-order chi connectivity index (χ1) is 19.4. The first kappa shape index (κ1) is 25.4. The number of fused-ring (bicyclic) bond motifs is 1. The molecule has 0 spiro atoms. The van der Waals surface area contributed by atoms with E-state index in [1.807, 2.05) is 18.2 Å². The maximum absolute atomic E-state index is 13.7. The van der Waals surface area contributed by atoms with Gasteiger partial charge < -0.3 is 10.6 Å². The maximum atomic E-state index is 13.7. The third-order valence-electron chi connectivity index (χ3n) is 9.90. The topological polar surface area (TPSA) is 105 Å². The van der Waals surface area contributed by atoms with Crippen LogP contribution in [0.1, 0.15) is 67.9 Å². The maximum Gasteiger partial charge on any atom is 0.264 e.